The molecule has 2 aliphatic rings. The van der Waals surface area contributed by atoms with E-state index in [1.54, 1.807) is 14.0 Å². The number of aliphatic hydroxyl groups is 1. The molecule has 0 bridgehead atoms. The molecule has 1 aromatic carbocycles. The highest BCUT2D eigenvalue weighted by Crippen LogP contribution is 2.44. The molecule has 0 unspecified atom stereocenters. The van der Waals surface area contributed by atoms with Crippen LogP contribution in [0, 0.1) is 18.8 Å². The number of ether oxygens (including phenoxy) is 1. The van der Waals surface area contributed by atoms with Crippen molar-refractivity contribution in [3.63, 3.8) is 0 Å². The molecule has 3 atom stereocenters. The molecule has 152 valence electrons. The number of aryl methyl sites for hydroxylation is 1. The number of rotatable bonds is 4. The quantitative estimate of drug-likeness (QED) is 0.837. The van der Waals surface area contributed by atoms with Gasteiger partial charge in [0, 0.05) is 31.6 Å². The zero-order valence-electron chi connectivity index (χ0n) is 16.3. The van der Waals surface area contributed by atoms with Crippen molar-refractivity contribution in [1.82, 2.24) is 15.0 Å². The van der Waals surface area contributed by atoms with Gasteiger partial charge in [0.05, 0.1) is 19.3 Å². The van der Waals surface area contributed by atoms with Gasteiger partial charge in [0.15, 0.2) is 5.69 Å². The summed E-state index contributed by atoms with van der Waals surface area (Å²) in [6, 6.07) is 8.46. The third-order valence-electron chi connectivity index (χ3n) is 5.98. The molecule has 2 saturated heterocycles. The van der Waals surface area contributed by atoms with Gasteiger partial charge in [0.2, 0.25) is 0 Å². The van der Waals surface area contributed by atoms with Gasteiger partial charge < -0.3 is 19.3 Å². The van der Waals surface area contributed by atoms with Crippen molar-refractivity contribution >= 4 is 18.3 Å². The largest absolute Gasteiger partial charge is 0.497 e. The second kappa shape index (κ2) is 8.11. The molecule has 0 radical (unpaired) electrons. The summed E-state index contributed by atoms with van der Waals surface area (Å²) in [6.07, 6.45) is 0. The van der Waals surface area contributed by atoms with Crippen molar-refractivity contribution in [2.75, 3.05) is 33.8 Å². The number of fused-ring (bicyclic) bond motifs is 1. The van der Waals surface area contributed by atoms with Crippen LogP contribution in [0.1, 0.15) is 33.4 Å². The maximum Gasteiger partial charge on any atom is 0.276 e. The van der Waals surface area contributed by atoms with Crippen molar-refractivity contribution in [2.45, 2.75) is 19.6 Å². The van der Waals surface area contributed by atoms with Crippen LogP contribution >= 0.6 is 12.4 Å². The van der Waals surface area contributed by atoms with Crippen LogP contribution in [0.3, 0.4) is 0 Å². The van der Waals surface area contributed by atoms with E-state index in [-0.39, 0.29) is 36.7 Å². The van der Waals surface area contributed by atoms with Gasteiger partial charge in [0.1, 0.15) is 11.5 Å². The maximum absolute atomic E-state index is 12.9. The first-order valence-corrected chi connectivity index (χ1v) is 9.23. The molecule has 8 heteroatoms. The monoisotopic (exact) mass is 407 g/mol. The molecule has 7 nitrogen and oxygen atoms in total. The van der Waals surface area contributed by atoms with E-state index in [4.69, 9.17) is 9.26 Å². The van der Waals surface area contributed by atoms with Crippen LogP contribution in [0.15, 0.2) is 28.8 Å². The van der Waals surface area contributed by atoms with Crippen LogP contribution in [0.2, 0.25) is 0 Å². The molecule has 2 aromatic rings. The van der Waals surface area contributed by atoms with E-state index in [9.17, 15) is 9.90 Å². The third-order valence-corrected chi connectivity index (χ3v) is 5.98. The van der Waals surface area contributed by atoms with Crippen LogP contribution in [-0.4, -0.2) is 59.8 Å². The lowest BCUT2D eigenvalue weighted by Crippen LogP contribution is -2.34. The molecule has 2 aliphatic heterocycles. The van der Waals surface area contributed by atoms with Gasteiger partial charge in [0.25, 0.3) is 5.91 Å². The van der Waals surface area contributed by atoms with Gasteiger partial charge in [-0.3, -0.25) is 9.69 Å². The van der Waals surface area contributed by atoms with E-state index < -0.39 is 0 Å². The second-order valence-corrected chi connectivity index (χ2v) is 7.52. The van der Waals surface area contributed by atoms with Crippen molar-refractivity contribution in [2.24, 2.45) is 11.8 Å². The summed E-state index contributed by atoms with van der Waals surface area (Å²) in [5.74, 6) is 1.99. The van der Waals surface area contributed by atoms with Crippen LogP contribution < -0.4 is 4.74 Å². The van der Waals surface area contributed by atoms with Gasteiger partial charge in [-0.1, -0.05) is 17.3 Å². The number of halogens is 1. The number of aliphatic hydroxyl groups excluding tert-OH is 1. The zero-order chi connectivity index (χ0) is 19.1. The van der Waals surface area contributed by atoms with Gasteiger partial charge in [-0.25, -0.2) is 0 Å². The minimum atomic E-state index is -0.242. The number of methoxy groups -OCH3 is 1. The molecule has 28 heavy (non-hydrogen) atoms. The lowest BCUT2D eigenvalue weighted by molar-refractivity contribution is 0.0754. The fourth-order valence-electron chi connectivity index (χ4n) is 4.62. The van der Waals surface area contributed by atoms with E-state index in [2.05, 4.69) is 29.2 Å². The smallest absolute Gasteiger partial charge is 0.276 e. The molecule has 1 amide bonds. The normalized spacial score (nSPS) is 24.1. The summed E-state index contributed by atoms with van der Waals surface area (Å²) in [5, 5.41) is 13.4. The third kappa shape index (κ3) is 3.38. The number of hydrogen-bond donors (Lipinski definition) is 1. The highest BCUT2D eigenvalue weighted by atomic mass is 35.5. The van der Waals surface area contributed by atoms with Gasteiger partial charge in [-0.2, -0.15) is 0 Å². The Bertz CT molecular complexity index is 838. The molecule has 0 spiro atoms. The Kier molecular flexibility index (Phi) is 5.98. The Morgan fingerprint density at radius 1 is 1.29 bits per heavy atom. The topological polar surface area (TPSA) is 79.0 Å². The summed E-state index contributed by atoms with van der Waals surface area (Å²) < 4.78 is 10.4. The van der Waals surface area contributed by atoms with Crippen molar-refractivity contribution in [3.05, 3.63) is 46.8 Å². The summed E-state index contributed by atoms with van der Waals surface area (Å²) >= 11 is 0. The maximum atomic E-state index is 12.9. The zero-order valence-corrected chi connectivity index (χ0v) is 17.1. The summed E-state index contributed by atoms with van der Waals surface area (Å²) in [6.45, 7) is 3.81. The number of carbonyl (C=O) groups is 1. The first kappa shape index (κ1) is 20.6. The first-order chi connectivity index (χ1) is 13.0. The Balaban J connectivity index is 0.00000225. The lowest BCUT2D eigenvalue weighted by atomic mass is 9.89. The predicted octanol–water partition coefficient (Wildman–Crippen LogP) is 2.28. The number of carbonyl (C=O) groups excluding carboxylic acids is 1. The van der Waals surface area contributed by atoms with Crippen molar-refractivity contribution in [3.8, 4) is 5.75 Å². The Labute approximate surface area is 170 Å². The Hall–Kier alpha value is -2.09. The molecule has 0 aliphatic carbocycles. The van der Waals surface area contributed by atoms with Gasteiger partial charge >= 0.3 is 0 Å². The molecular weight excluding hydrogens is 382 g/mol. The van der Waals surface area contributed by atoms with Crippen LogP contribution in [0.4, 0.5) is 0 Å². The Morgan fingerprint density at radius 3 is 2.64 bits per heavy atom. The molecule has 4 rings (SSSR count). The number of amides is 1. The average Bonchev–Trinajstić information content (AvgIpc) is 3.33. The minimum Gasteiger partial charge on any atom is -0.497 e. The average molecular weight is 408 g/mol. The van der Waals surface area contributed by atoms with Crippen LogP contribution in [0.25, 0.3) is 0 Å². The standard InChI is InChI=1S/C20H25N3O4.ClH/c1-12-17(11-24)18(21-27-12)20(25)23-9-14-8-22(2)19(16(14)10-23)13-4-6-15(26-3)7-5-13;/h4-7,14,16,19,24H,8-11H2,1-3H3;1H/t14-,16+,19+;/m0./s1. The van der Waals surface area contributed by atoms with E-state index in [0.717, 1.165) is 12.3 Å². The minimum absolute atomic E-state index is 0. The SMILES string of the molecule is COc1ccc([C@@H]2[C@@H]3CN(C(=O)c4noc(C)c4CO)C[C@@H]3CN2C)cc1.Cl. The fraction of sp³-hybridized carbons (Fsp3) is 0.500. The number of aromatic nitrogens is 1. The summed E-state index contributed by atoms with van der Waals surface area (Å²) in [5.41, 5.74) is 1.97. The number of hydrogen-bond acceptors (Lipinski definition) is 6. The van der Waals surface area contributed by atoms with Crippen molar-refractivity contribution in [1.29, 1.82) is 0 Å². The molecule has 0 saturated carbocycles. The highest BCUT2D eigenvalue weighted by molar-refractivity contribution is 5.94. The Morgan fingerprint density at radius 2 is 2.00 bits per heavy atom. The number of likely N-dealkylation sites (tertiary alicyclic amines) is 2. The highest BCUT2D eigenvalue weighted by Gasteiger charge is 2.47. The van der Waals surface area contributed by atoms with E-state index in [1.165, 1.54) is 5.56 Å². The van der Waals surface area contributed by atoms with Gasteiger partial charge in [-0.05, 0) is 37.6 Å². The lowest BCUT2D eigenvalue weighted by Gasteiger charge is -2.26. The molecule has 2 fully saturated rings. The predicted molar refractivity (Wildman–Crippen MR) is 106 cm³/mol. The van der Waals surface area contributed by atoms with E-state index >= 15 is 0 Å². The van der Waals surface area contributed by atoms with Crippen LogP contribution in [0.5, 0.6) is 5.75 Å². The second-order valence-electron chi connectivity index (χ2n) is 7.52. The first-order valence-electron chi connectivity index (χ1n) is 9.23. The van der Waals surface area contributed by atoms with E-state index in [0.29, 0.717) is 36.2 Å². The molecule has 3 heterocycles. The fourth-order valence-corrected chi connectivity index (χ4v) is 4.62. The van der Waals surface area contributed by atoms with Gasteiger partial charge in [-0.15, -0.1) is 12.4 Å². The van der Waals surface area contributed by atoms with Crippen molar-refractivity contribution < 1.29 is 19.2 Å². The van der Waals surface area contributed by atoms with Crippen LogP contribution in [-0.2, 0) is 6.61 Å². The van der Waals surface area contributed by atoms with E-state index in [1.807, 2.05) is 17.0 Å². The summed E-state index contributed by atoms with van der Waals surface area (Å²) in [7, 11) is 3.81. The number of nitrogens with zero attached hydrogens (tertiary/aromatic N) is 3. The molecule has 1 N–H and O–H groups in total. The molecule has 1 aromatic heterocycles. The molecular formula is C20H26ClN3O4. The number of benzene rings is 1. The summed E-state index contributed by atoms with van der Waals surface area (Å²) in [4.78, 5) is 17.2.